The van der Waals surface area contributed by atoms with E-state index in [2.05, 4.69) is 4.72 Å². The van der Waals surface area contributed by atoms with Crippen LogP contribution >= 0.6 is 11.6 Å². The fraction of sp³-hybridized carbons (Fsp3) is 0.364. The number of hydrogen-bond acceptors (Lipinski definition) is 7. The Morgan fingerprint density at radius 1 is 1.24 bits per heavy atom. The number of ether oxygens (including phenoxy) is 2. The lowest BCUT2D eigenvalue weighted by Crippen LogP contribution is -2.40. The molecule has 1 aliphatic heterocycles. The number of carbonyl (C=O) groups is 2. The molecule has 1 aliphatic rings. The van der Waals surface area contributed by atoms with Crippen LogP contribution in [0.4, 0.5) is 11.4 Å². The predicted molar refractivity (Wildman–Crippen MR) is 124 cm³/mol. The van der Waals surface area contributed by atoms with Gasteiger partial charge in [0.05, 0.1) is 30.9 Å². The largest absolute Gasteiger partial charge is 0.495 e. The number of carboxylic acid groups (broad SMARTS) is 1. The van der Waals surface area contributed by atoms with E-state index in [-0.39, 0.29) is 45.4 Å². The lowest BCUT2D eigenvalue weighted by atomic mass is 9.97. The molecule has 0 saturated carbocycles. The fourth-order valence-corrected chi connectivity index (χ4v) is 5.25. The summed E-state index contributed by atoms with van der Waals surface area (Å²) in [6.07, 6.45) is 1.36. The second-order valence-electron chi connectivity index (χ2n) is 7.47. The van der Waals surface area contributed by atoms with E-state index in [0.29, 0.717) is 31.6 Å². The number of benzene rings is 2. The number of rotatable bonds is 8. The third-order valence-electron chi connectivity index (χ3n) is 5.28. The molecule has 178 valence electrons. The van der Waals surface area contributed by atoms with Gasteiger partial charge in [-0.3, -0.25) is 9.52 Å². The number of piperidine rings is 1. The molecular weight excluding hydrogens is 472 g/mol. The molecule has 2 aromatic rings. The molecule has 0 bridgehead atoms. The number of esters is 1. The molecule has 1 heterocycles. The van der Waals surface area contributed by atoms with E-state index >= 15 is 0 Å². The van der Waals surface area contributed by atoms with Crippen molar-refractivity contribution in [3.8, 4) is 5.75 Å². The smallest absolute Gasteiger partial charge is 0.337 e. The van der Waals surface area contributed by atoms with Gasteiger partial charge in [0, 0.05) is 23.8 Å². The van der Waals surface area contributed by atoms with Crippen LogP contribution in [0, 0.1) is 5.92 Å². The van der Waals surface area contributed by atoms with Gasteiger partial charge >= 0.3 is 11.9 Å². The number of carbonyl (C=O) groups excluding carboxylic acids is 1. The average Bonchev–Trinajstić information content (AvgIpc) is 2.79. The molecule has 3 rings (SSSR count). The number of anilines is 2. The van der Waals surface area contributed by atoms with Crippen molar-refractivity contribution in [1.82, 2.24) is 0 Å². The minimum atomic E-state index is -4.11. The summed E-state index contributed by atoms with van der Waals surface area (Å²) >= 11 is 5.95. The van der Waals surface area contributed by atoms with E-state index in [9.17, 15) is 23.1 Å². The van der Waals surface area contributed by atoms with Gasteiger partial charge in [-0.2, -0.15) is 0 Å². The Labute approximate surface area is 197 Å². The molecule has 9 nitrogen and oxygen atoms in total. The Kier molecular flexibility index (Phi) is 7.70. The van der Waals surface area contributed by atoms with Crippen LogP contribution < -0.4 is 14.4 Å². The third kappa shape index (κ3) is 5.69. The number of nitrogens with zero attached hydrogens (tertiary/aromatic N) is 1. The summed E-state index contributed by atoms with van der Waals surface area (Å²) in [6, 6.07) is 8.44. The molecule has 2 N–H and O–H groups in total. The predicted octanol–water partition coefficient (Wildman–Crippen LogP) is 3.63. The monoisotopic (exact) mass is 496 g/mol. The van der Waals surface area contributed by atoms with Crippen LogP contribution in [0.2, 0.25) is 5.02 Å². The molecular formula is C22H25ClN2O7S. The van der Waals surface area contributed by atoms with Gasteiger partial charge in [-0.15, -0.1) is 0 Å². The first-order valence-electron chi connectivity index (χ1n) is 10.3. The Morgan fingerprint density at radius 3 is 2.67 bits per heavy atom. The summed E-state index contributed by atoms with van der Waals surface area (Å²) in [5.41, 5.74) is 0.384. The topological polar surface area (TPSA) is 122 Å². The van der Waals surface area contributed by atoms with Gasteiger partial charge in [-0.05, 0) is 56.2 Å². The highest BCUT2D eigenvalue weighted by molar-refractivity contribution is 7.92. The summed E-state index contributed by atoms with van der Waals surface area (Å²) in [5.74, 6) is -1.78. The molecule has 0 aromatic heterocycles. The standard InChI is InChI=1S/C22H25ClN2O7S/c1-3-32-22(28)14-5-4-10-25(13-14)18-8-7-16(12-17(18)21(26)27)24-33(29,30)20-11-15(23)6-9-19(20)31-2/h6-9,11-12,14,24H,3-5,10,13H2,1-2H3,(H,26,27). The molecule has 1 fully saturated rings. The van der Waals surface area contributed by atoms with Gasteiger partial charge in [-0.1, -0.05) is 11.6 Å². The maximum absolute atomic E-state index is 12.9. The van der Waals surface area contributed by atoms with Crippen molar-refractivity contribution in [3.05, 3.63) is 47.0 Å². The van der Waals surface area contributed by atoms with Gasteiger partial charge in [0.25, 0.3) is 10.0 Å². The molecule has 0 spiro atoms. The maximum Gasteiger partial charge on any atom is 0.337 e. The van der Waals surface area contributed by atoms with Gasteiger partial charge in [0.1, 0.15) is 10.6 Å². The zero-order chi connectivity index (χ0) is 24.2. The number of hydrogen-bond donors (Lipinski definition) is 2. The Morgan fingerprint density at radius 2 is 2.00 bits per heavy atom. The first-order chi connectivity index (χ1) is 15.7. The number of sulfonamides is 1. The van der Waals surface area contributed by atoms with E-state index in [1.807, 2.05) is 4.90 Å². The van der Waals surface area contributed by atoms with Gasteiger partial charge < -0.3 is 19.5 Å². The maximum atomic E-state index is 12.9. The van der Waals surface area contributed by atoms with Crippen LogP contribution in [-0.2, 0) is 19.6 Å². The van der Waals surface area contributed by atoms with Crippen LogP contribution in [0.15, 0.2) is 41.3 Å². The molecule has 0 aliphatic carbocycles. The number of aromatic carboxylic acids is 1. The lowest BCUT2D eigenvalue weighted by molar-refractivity contribution is -0.148. The van der Waals surface area contributed by atoms with Gasteiger partial charge in [0.2, 0.25) is 0 Å². The summed E-state index contributed by atoms with van der Waals surface area (Å²) in [5, 5.41) is 9.99. The van der Waals surface area contributed by atoms with E-state index in [0.717, 1.165) is 0 Å². The van der Waals surface area contributed by atoms with E-state index in [4.69, 9.17) is 21.1 Å². The number of nitrogens with one attached hydrogen (secondary N) is 1. The fourth-order valence-electron chi connectivity index (χ4n) is 3.77. The first-order valence-corrected chi connectivity index (χ1v) is 12.2. The Balaban J connectivity index is 1.90. The van der Waals surface area contributed by atoms with E-state index in [1.54, 1.807) is 6.92 Å². The van der Waals surface area contributed by atoms with Crippen molar-refractivity contribution in [2.24, 2.45) is 5.92 Å². The molecule has 1 atom stereocenters. The van der Waals surface area contributed by atoms with Gasteiger partial charge in [0.15, 0.2) is 0 Å². The molecule has 1 saturated heterocycles. The van der Waals surface area contributed by atoms with Gasteiger partial charge in [-0.25, -0.2) is 13.2 Å². The minimum absolute atomic E-state index is 0.0668. The average molecular weight is 497 g/mol. The van der Waals surface area contributed by atoms with Crippen molar-refractivity contribution in [2.45, 2.75) is 24.7 Å². The molecule has 0 radical (unpaired) electrons. The summed E-state index contributed by atoms with van der Waals surface area (Å²) in [6.45, 7) is 2.91. The highest BCUT2D eigenvalue weighted by Crippen LogP contribution is 2.32. The Hall–Kier alpha value is -2.98. The van der Waals surface area contributed by atoms with E-state index < -0.39 is 16.0 Å². The SMILES string of the molecule is CCOC(=O)C1CCCN(c2ccc(NS(=O)(=O)c3cc(Cl)ccc3OC)cc2C(=O)O)C1. The summed E-state index contributed by atoms with van der Waals surface area (Å²) in [7, 11) is -2.78. The van der Waals surface area contributed by atoms with Crippen molar-refractivity contribution < 1.29 is 32.6 Å². The molecule has 11 heteroatoms. The molecule has 33 heavy (non-hydrogen) atoms. The number of methoxy groups -OCH3 is 1. The summed E-state index contributed by atoms with van der Waals surface area (Å²) in [4.78, 5) is 25.8. The molecule has 0 amide bonds. The van der Waals surface area contributed by atoms with Crippen LogP contribution in [0.5, 0.6) is 5.75 Å². The number of carboxylic acids is 1. The normalized spacial score (nSPS) is 16.2. The summed E-state index contributed by atoms with van der Waals surface area (Å²) < 4.78 is 38.5. The Bertz CT molecular complexity index is 1150. The highest BCUT2D eigenvalue weighted by atomic mass is 35.5. The minimum Gasteiger partial charge on any atom is -0.495 e. The van der Waals surface area contributed by atoms with Crippen molar-refractivity contribution >= 4 is 44.9 Å². The second-order valence-corrected chi connectivity index (χ2v) is 9.56. The number of halogens is 1. The molecule has 2 aromatic carbocycles. The quantitative estimate of drug-likeness (QED) is 0.531. The molecule has 1 unspecified atom stereocenters. The second kappa shape index (κ2) is 10.3. The zero-order valence-electron chi connectivity index (χ0n) is 18.2. The lowest BCUT2D eigenvalue weighted by Gasteiger charge is -2.34. The van der Waals surface area contributed by atoms with Crippen LogP contribution in [-0.4, -0.2) is 52.3 Å². The van der Waals surface area contributed by atoms with Crippen molar-refractivity contribution in [1.29, 1.82) is 0 Å². The van der Waals surface area contributed by atoms with Crippen LogP contribution in [0.3, 0.4) is 0 Å². The first kappa shape index (κ1) is 24.7. The zero-order valence-corrected chi connectivity index (χ0v) is 19.8. The van der Waals surface area contributed by atoms with Crippen molar-refractivity contribution in [2.75, 3.05) is 36.4 Å². The third-order valence-corrected chi connectivity index (χ3v) is 6.91. The van der Waals surface area contributed by atoms with E-state index in [1.165, 1.54) is 43.5 Å². The van der Waals surface area contributed by atoms with Crippen LogP contribution in [0.25, 0.3) is 0 Å². The van der Waals surface area contributed by atoms with Crippen molar-refractivity contribution in [3.63, 3.8) is 0 Å². The highest BCUT2D eigenvalue weighted by Gasteiger charge is 2.29. The van der Waals surface area contributed by atoms with Crippen LogP contribution in [0.1, 0.15) is 30.1 Å².